The molecular weight excluding hydrogens is 395 g/mol. The van der Waals surface area contributed by atoms with Gasteiger partial charge >= 0.3 is 0 Å². The molecule has 1 unspecified atom stereocenters. The Bertz CT molecular complexity index is 636. The van der Waals surface area contributed by atoms with Crippen LogP contribution in [-0.4, -0.2) is 21.0 Å². The fourth-order valence-electron chi connectivity index (χ4n) is 2.85. The van der Waals surface area contributed by atoms with E-state index in [0.717, 1.165) is 31.7 Å². The Morgan fingerprint density at radius 2 is 2.00 bits per heavy atom. The summed E-state index contributed by atoms with van der Waals surface area (Å²) in [6.45, 7) is 0.195. The summed E-state index contributed by atoms with van der Waals surface area (Å²) in [5.41, 5.74) is 5.73. The van der Waals surface area contributed by atoms with Crippen molar-refractivity contribution in [1.29, 1.82) is 0 Å². The predicted molar refractivity (Wildman–Crippen MR) is 88.8 cm³/mol. The van der Waals surface area contributed by atoms with Gasteiger partial charge in [-0.1, -0.05) is 30.9 Å². The fourth-order valence-corrected chi connectivity index (χ4v) is 4.89. The van der Waals surface area contributed by atoms with Crippen LogP contribution in [0.25, 0.3) is 0 Å². The lowest BCUT2D eigenvalue weighted by molar-refractivity contribution is 0.294. The van der Waals surface area contributed by atoms with Crippen molar-refractivity contribution in [1.82, 2.24) is 4.72 Å². The first-order valence-corrected chi connectivity index (χ1v) is 9.87. The number of hydrogen-bond acceptors (Lipinski definition) is 3. The zero-order valence-corrected chi connectivity index (χ0v) is 15.1. The number of halogens is 3. The lowest BCUT2D eigenvalue weighted by Crippen LogP contribution is -2.46. The molecule has 0 bridgehead atoms. The molecule has 4 nitrogen and oxygen atoms in total. The monoisotopic (exact) mass is 412 g/mol. The molecule has 0 radical (unpaired) electrons. The lowest BCUT2D eigenvalue weighted by Gasteiger charge is -2.29. The first kappa shape index (κ1) is 18.1. The Morgan fingerprint density at radius 1 is 1.36 bits per heavy atom. The molecule has 1 saturated carbocycles. The first-order valence-electron chi connectivity index (χ1n) is 7.22. The van der Waals surface area contributed by atoms with Crippen molar-refractivity contribution in [2.75, 3.05) is 6.54 Å². The van der Waals surface area contributed by atoms with Crippen LogP contribution in [0, 0.1) is 11.7 Å². The number of benzene rings is 1. The molecule has 0 heterocycles. The van der Waals surface area contributed by atoms with E-state index in [1.165, 1.54) is 12.5 Å². The second-order valence-corrected chi connectivity index (χ2v) is 8.50. The van der Waals surface area contributed by atoms with E-state index in [2.05, 4.69) is 20.7 Å². The van der Waals surface area contributed by atoms with Crippen molar-refractivity contribution in [3.8, 4) is 0 Å². The minimum Gasteiger partial charge on any atom is -0.329 e. The molecule has 0 saturated heterocycles. The van der Waals surface area contributed by atoms with Crippen molar-refractivity contribution < 1.29 is 12.8 Å². The highest BCUT2D eigenvalue weighted by Gasteiger charge is 2.29. The summed E-state index contributed by atoms with van der Waals surface area (Å²) in [7, 11) is -3.98. The van der Waals surface area contributed by atoms with Gasteiger partial charge in [-0.05, 0) is 46.8 Å². The zero-order valence-electron chi connectivity index (χ0n) is 12.0. The van der Waals surface area contributed by atoms with Crippen molar-refractivity contribution in [3.05, 3.63) is 27.4 Å². The second-order valence-electron chi connectivity index (χ2n) is 5.56. The van der Waals surface area contributed by atoms with Gasteiger partial charge in [-0.3, -0.25) is 0 Å². The van der Waals surface area contributed by atoms with Gasteiger partial charge < -0.3 is 5.73 Å². The number of hydrogen-bond donors (Lipinski definition) is 2. The normalized spacial score (nSPS) is 18.4. The van der Waals surface area contributed by atoms with E-state index in [1.54, 1.807) is 0 Å². The van der Waals surface area contributed by atoms with Crippen LogP contribution in [0.1, 0.15) is 32.1 Å². The van der Waals surface area contributed by atoms with E-state index in [0.29, 0.717) is 4.47 Å². The van der Waals surface area contributed by atoms with Gasteiger partial charge in [0.2, 0.25) is 10.0 Å². The lowest BCUT2D eigenvalue weighted by atomic mass is 9.84. The van der Waals surface area contributed by atoms with Gasteiger partial charge in [0, 0.05) is 17.1 Å². The van der Waals surface area contributed by atoms with Crippen LogP contribution in [0.3, 0.4) is 0 Å². The molecule has 3 N–H and O–H groups in total. The van der Waals surface area contributed by atoms with Crippen molar-refractivity contribution in [2.24, 2.45) is 11.7 Å². The Hall–Kier alpha value is -0.210. The summed E-state index contributed by atoms with van der Waals surface area (Å²) in [5.74, 6) is -0.674. The molecule has 8 heteroatoms. The Labute approximate surface area is 143 Å². The van der Waals surface area contributed by atoms with Crippen molar-refractivity contribution in [2.45, 2.75) is 43.0 Å². The Kier molecular flexibility index (Phi) is 6.24. The van der Waals surface area contributed by atoms with Crippen LogP contribution in [0.15, 0.2) is 21.5 Å². The molecule has 0 aromatic heterocycles. The van der Waals surface area contributed by atoms with Gasteiger partial charge in [0.1, 0.15) is 10.7 Å². The van der Waals surface area contributed by atoms with Crippen LogP contribution in [0.5, 0.6) is 0 Å². The highest BCUT2D eigenvalue weighted by Crippen LogP contribution is 2.30. The average molecular weight is 414 g/mol. The van der Waals surface area contributed by atoms with Gasteiger partial charge in [-0.25, -0.2) is 17.5 Å². The van der Waals surface area contributed by atoms with Gasteiger partial charge in [-0.15, -0.1) is 0 Å². The smallest absolute Gasteiger partial charge is 0.243 e. The third-order valence-electron chi connectivity index (χ3n) is 4.04. The molecule has 1 aromatic carbocycles. The standard InChI is InChI=1S/C14H19BrClFN2O2S/c15-10-6-14(12(17)7-11(10)16)22(20,21)19-13(8-18)9-4-2-1-3-5-9/h6-7,9,13,19H,1-5,8,18H2. The first-order chi connectivity index (χ1) is 10.3. The van der Waals surface area contributed by atoms with Gasteiger partial charge in [-0.2, -0.15) is 0 Å². The van der Waals surface area contributed by atoms with Crippen LogP contribution in [-0.2, 0) is 10.0 Å². The van der Waals surface area contributed by atoms with Crippen LogP contribution >= 0.6 is 27.5 Å². The summed E-state index contributed by atoms with van der Waals surface area (Å²) in [5, 5.41) is 0.124. The third kappa shape index (κ3) is 4.20. The number of sulfonamides is 1. The molecule has 0 spiro atoms. The molecule has 2 rings (SSSR count). The summed E-state index contributed by atoms with van der Waals surface area (Å²) in [6.07, 6.45) is 5.20. The quantitative estimate of drug-likeness (QED) is 0.726. The minimum atomic E-state index is -3.98. The van der Waals surface area contributed by atoms with E-state index in [4.69, 9.17) is 17.3 Å². The van der Waals surface area contributed by atoms with Crippen LogP contribution in [0.4, 0.5) is 4.39 Å². The third-order valence-corrected chi connectivity index (χ3v) is 6.75. The summed E-state index contributed by atoms with van der Waals surface area (Å²) < 4.78 is 41.8. The molecule has 0 amide bonds. The highest BCUT2D eigenvalue weighted by molar-refractivity contribution is 9.10. The zero-order chi connectivity index (χ0) is 16.3. The fraction of sp³-hybridized carbons (Fsp3) is 0.571. The Morgan fingerprint density at radius 3 is 2.59 bits per heavy atom. The number of nitrogens with one attached hydrogen (secondary N) is 1. The maximum Gasteiger partial charge on any atom is 0.243 e. The average Bonchev–Trinajstić information content (AvgIpc) is 2.49. The van der Waals surface area contributed by atoms with Crippen molar-refractivity contribution >= 4 is 37.6 Å². The van der Waals surface area contributed by atoms with Crippen molar-refractivity contribution in [3.63, 3.8) is 0 Å². The summed E-state index contributed by atoms with van der Waals surface area (Å²) in [6, 6.07) is 1.78. The Balaban J connectivity index is 2.24. The molecule has 22 heavy (non-hydrogen) atoms. The topological polar surface area (TPSA) is 72.2 Å². The molecule has 0 aliphatic heterocycles. The number of rotatable bonds is 5. The molecule has 124 valence electrons. The summed E-state index contributed by atoms with van der Waals surface area (Å²) >= 11 is 8.89. The van der Waals surface area contributed by atoms with Crippen LogP contribution in [0.2, 0.25) is 5.02 Å². The molecule has 1 fully saturated rings. The van der Waals surface area contributed by atoms with E-state index in [9.17, 15) is 12.8 Å². The van der Waals surface area contributed by atoms with E-state index < -0.39 is 20.7 Å². The largest absolute Gasteiger partial charge is 0.329 e. The van der Waals surface area contributed by atoms with Gasteiger partial charge in [0.25, 0.3) is 0 Å². The summed E-state index contributed by atoms with van der Waals surface area (Å²) in [4.78, 5) is -0.418. The molecule has 1 aliphatic rings. The highest BCUT2D eigenvalue weighted by atomic mass is 79.9. The SMILES string of the molecule is NCC(NS(=O)(=O)c1cc(Br)c(Cl)cc1F)C1CCCCC1. The maximum atomic E-state index is 14.0. The number of nitrogens with two attached hydrogens (primary N) is 1. The van der Waals surface area contributed by atoms with E-state index >= 15 is 0 Å². The van der Waals surface area contributed by atoms with E-state index in [1.807, 2.05) is 0 Å². The molecule has 1 aromatic rings. The molecule has 1 atom stereocenters. The van der Waals surface area contributed by atoms with Gasteiger partial charge in [0.15, 0.2) is 0 Å². The minimum absolute atomic E-state index is 0.124. The van der Waals surface area contributed by atoms with Crippen LogP contribution < -0.4 is 10.5 Å². The van der Waals surface area contributed by atoms with Gasteiger partial charge in [0.05, 0.1) is 5.02 Å². The van der Waals surface area contributed by atoms with E-state index in [-0.39, 0.29) is 23.5 Å². The molecular formula is C14H19BrClFN2O2S. The second kappa shape index (κ2) is 7.57. The maximum absolute atomic E-state index is 14.0. The predicted octanol–water partition coefficient (Wildman–Crippen LogP) is 3.43. The molecule has 1 aliphatic carbocycles.